The van der Waals surface area contributed by atoms with Crippen molar-refractivity contribution < 1.29 is 9.59 Å². The minimum atomic E-state index is -0.138. The SMILES string of the molecule is CC(C)(C)[C@@H]1[C@@H](C(C)(C)C)[C@@H](C(C)(C)C)C(N2C(=O)C=CC2=O)[C@@H]1C(C)(C)C. The highest BCUT2D eigenvalue weighted by Gasteiger charge is 2.64. The van der Waals surface area contributed by atoms with Crippen LogP contribution in [-0.4, -0.2) is 22.8 Å². The van der Waals surface area contributed by atoms with Gasteiger partial charge < -0.3 is 0 Å². The highest BCUT2D eigenvalue weighted by atomic mass is 16.2. The second-order valence-corrected chi connectivity index (χ2v) is 13.4. The van der Waals surface area contributed by atoms with Gasteiger partial charge in [0.1, 0.15) is 0 Å². The first-order valence-electron chi connectivity index (χ1n) is 10.8. The quantitative estimate of drug-likeness (QED) is 0.520. The average Bonchev–Trinajstić information content (AvgIpc) is 2.94. The Labute approximate surface area is 173 Å². The molecule has 0 bridgehead atoms. The van der Waals surface area contributed by atoms with E-state index in [0.29, 0.717) is 11.8 Å². The highest BCUT2D eigenvalue weighted by Crippen LogP contribution is 2.65. The molecular formula is C25H43NO2. The summed E-state index contributed by atoms with van der Waals surface area (Å²) in [5.41, 5.74) is 0.116. The van der Waals surface area contributed by atoms with Gasteiger partial charge in [-0.1, -0.05) is 83.1 Å². The van der Waals surface area contributed by atoms with E-state index in [1.165, 1.54) is 12.2 Å². The Morgan fingerprint density at radius 3 is 1.00 bits per heavy atom. The molecule has 1 aliphatic heterocycles. The summed E-state index contributed by atoms with van der Waals surface area (Å²) < 4.78 is 0. The minimum absolute atomic E-state index is 0.0186. The van der Waals surface area contributed by atoms with Crippen LogP contribution >= 0.6 is 0 Å². The number of rotatable bonds is 1. The maximum Gasteiger partial charge on any atom is 0.253 e. The fourth-order valence-corrected chi connectivity index (χ4v) is 6.38. The molecular weight excluding hydrogens is 346 g/mol. The van der Waals surface area contributed by atoms with Gasteiger partial charge in [-0.05, 0) is 45.3 Å². The molecule has 1 saturated carbocycles. The van der Waals surface area contributed by atoms with E-state index in [2.05, 4.69) is 83.1 Å². The molecule has 0 radical (unpaired) electrons. The number of imide groups is 1. The number of carbonyl (C=O) groups is 2. The van der Waals surface area contributed by atoms with Crippen LogP contribution in [0.4, 0.5) is 0 Å². The minimum Gasteiger partial charge on any atom is -0.272 e. The van der Waals surface area contributed by atoms with E-state index in [1.54, 1.807) is 4.90 Å². The van der Waals surface area contributed by atoms with E-state index < -0.39 is 0 Å². The molecule has 1 fully saturated rings. The molecule has 2 amide bonds. The Balaban J connectivity index is 2.83. The van der Waals surface area contributed by atoms with Crippen molar-refractivity contribution in [1.82, 2.24) is 4.90 Å². The third kappa shape index (κ3) is 3.96. The number of nitrogens with zero attached hydrogens (tertiary/aromatic N) is 1. The second-order valence-electron chi connectivity index (χ2n) is 13.4. The van der Waals surface area contributed by atoms with Crippen LogP contribution in [0.2, 0.25) is 0 Å². The molecule has 2 aliphatic rings. The zero-order chi connectivity index (χ0) is 22.0. The summed E-state index contributed by atoms with van der Waals surface area (Å²) >= 11 is 0. The first-order valence-corrected chi connectivity index (χ1v) is 10.8. The smallest absolute Gasteiger partial charge is 0.253 e. The zero-order valence-corrected chi connectivity index (χ0v) is 20.3. The summed E-state index contributed by atoms with van der Waals surface area (Å²) in [7, 11) is 0. The molecule has 3 nitrogen and oxygen atoms in total. The van der Waals surface area contributed by atoms with Gasteiger partial charge in [-0.15, -0.1) is 0 Å². The van der Waals surface area contributed by atoms with Crippen molar-refractivity contribution >= 4 is 11.8 Å². The number of hydrogen-bond acceptors (Lipinski definition) is 2. The fourth-order valence-electron chi connectivity index (χ4n) is 6.38. The lowest BCUT2D eigenvalue weighted by Crippen LogP contribution is -2.52. The Kier molecular flexibility index (Phi) is 5.55. The maximum absolute atomic E-state index is 12.8. The van der Waals surface area contributed by atoms with Gasteiger partial charge >= 0.3 is 0 Å². The van der Waals surface area contributed by atoms with Crippen LogP contribution in [0.15, 0.2) is 12.2 Å². The standard InChI is InChI=1S/C25H43NO2/c1-22(2,3)17-18(23(4,5)6)20(25(10,11)12)21(19(17)24(7,8)9)26-15(27)13-14-16(26)28/h13-14,17-21H,1-12H3/t17-,18-,19-,20-/m1/s1. The van der Waals surface area contributed by atoms with Crippen LogP contribution in [0.25, 0.3) is 0 Å². The van der Waals surface area contributed by atoms with E-state index in [-0.39, 0.29) is 51.4 Å². The summed E-state index contributed by atoms with van der Waals surface area (Å²) in [6, 6.07) is -0.0801. The number of carbonyl (C=O) groups excluding carboxylic acids is 2. The summed E-state index contributed by atoms with van der Waals surface area (Å²) in [4.78, 5) is 27.3. The van der Waals surface area contributed by atoms with Gasteiger partial charge in [0.2, 0.25) is 0 Å². The van der Waals surface area contributed by atoms with Crippen LogP contribution in [-0.2, 0) is 9.59 Å². The molecule has 3 heteroatoms. The molecule has 1 aliphatic carbocycles. The summed E-state index contributed by atoms with van der Waals surface area (Å²) in [5.74, 6) is 1.02. The van der Waals surface area contributed by atoms with Gasteiger partial charge in [0.25, 0.3) is 11.8 Å². The number of hydrogen-bond donors (Lipinski definition) is 0. The molecule has 0 saturated heterocycles. The summed E-state index contributed by atoms with van der Waals surface area (Å²) in [6.07, 6.45) is 2.91. The van der Waals surface area contributed by atoms with Crippen LogP contribution in [0.5, 0.6) is 0 Å². The van der Waals surface area contributed by atoms with Gasteiger partial charge in [0.05, 0.1) is 0 Å². The molecule has 0 aromatic heterocycles. The van der Waals surface area contributed by atoms with Crippen LogP contribution in [0, 0.1) is 45.3 Å². The van der Waals surface area contributed by atoms with Crippen molar-refractivity contribution in [3.8, 4) is 0 Å². The Morgan fingerprint density at radius 1 is 0.536 bits per heavy atom. The van der Waals surface area contributed by atoms with Gasteiger partial charge in [0, 0.05) is 18.2 Å². The van der Waals surface area contributed by atoms with Gasteiger partial charge in [-0.25, -0.2) is 0 Å². The molecule has 0 N–H and O–H groups in total. The van der Waals surface area contributed by atoms with Crippen molar-refractivity contribution in [1.29, 1.82) is 0 Å². The van der Waals surface area contributed by atoms with Crippen LogP contribution in [0.3, 0.4) is 0 Å². The summed E-state index contributed by atoms with van der Waals surface area (Å²) in [5, 5.41) is 0. The van der Waals surface area contributed by atoms with Gasteiger partial charge in [0.15, 0.2) is 0 Å². The van der Waals surface area contributed by atoms with E-state index in [9.17, 15) is 9.59 Å². The lowest BCUT2D eigenvalue weighted by Gasteiger charge is -2.47. The predicted octanol–water partition coefficient (Wildman–Crippen LogP) is 5.94. The zero-order valence-electron chi connectivity index (χ0n) is 20.3. The number of amides is 2. The topological polar surface area (TPSA) is 37.4 Å². The van der Waals surface area contributed by atoms with Crippen LogP contribution < -0.4 is 0 Å². The molecule has 0 spiro atoms. The Morgan fingerprint density at radius 2 is 0.786 bits per heavy atom. The van der Waals surface area contributed by atoms with E-state index >= 15 is 0 Å². The highest BCUT2D eigenvalue weighted by molar-refractivity contribution is 6.13. The van der Waals surface area contributed by atoms with Crippen molar-refractivity contribution in [2.75, 3.05) is 0 Å². The van der Waals surface area contributed by atoms with E-state index in [4.69, 9.17) is 0 Å². The largest absolute Gasteiger partial charge is 0.272 e. The molecule has 28 heavy (non-hydrogen) atoms. The third-order valence-corrected chi connectivity index (χ3v) is 7.04. The summed E-state index contributed by atoms with van der Waals surface area (Å²) in [6.45, 7) is 27.7. The average molecular weight is 390 g/mol. The van der Waals surface area contributed by atoms with Crippen molar-refractivity contribution in [3.63, 3.8) is 0 Å². The first kappa shape index (κ1) is 23.2. The van der Waals surface area contributed by atoms with E-state index in [1.807, 2.05) is 0 Å². The Hall–Kier alpha value is -1.12. The van der Waals surface area contributed by atoms with E-state index in [0.717, 1.165) is 0 Å². The lowest BCUT2D eigenvalue weighted by molar-refractivity contribution is -0.144. The maximum atomic E-state index is 12.8. The van der Waals surface area contributed by atoms with Gasteiger partial charge in [-0.2, -0.15) is 0 Å². The Bertz CT molecular complexity index is 605. The van der Waals surface area contributed by atoms with Gasteiger partial charge in [-0.3, -0.25) is 14.5 Å². The monoisotopic (exact) mass is 389 g/mol. The molecule has 160 valence electrons. The molecule has 2 rings (SSSR count). The molecule has 0 aromatic carbocycles. The molecule has 1 heterocycles. The van der Waals surface area contributed by atoms with Crippen molar-refractivity contribution in [3.05, 3.63) is 12.2 Å². The first-order chi connectivity index (χ1) is 12.3. The molecule has 0 aromatic rings. The lowest BCUT2D eigenvalue weighted by atomic mass is 9.57. The second kappa shape index (κ2) is 6.71. The molecule has 4 atom stereocenters. The van der Waals surface area contributed by atoms with Crippen LogP contribution in [0.1, 0.15) is 83.1 Å². The fraction of sp³-hybridized carbons (Fsp3) is 0.840. The van der Waals surface area contributed by atoms with Crippen molar-refractivity contribution in [2.45, 2.75) is 89.1 Å². The predicted molar refractivity (Wildman–Crippen MR) is 117 cm³/mol. The molecule has 0 unspecified atom stereocenters. The van der Waals surface area contributed by atoms with Crippen molar-refractivity contribution in [2.24, 2.45) is 45.3 Å². The normalized spacial score (nSPS) is 32.6. The third-order valence-electron chi connectivity index (χ3n) is 7.04.